The molecule has 2 aromatic rings. The van der Waals surface area contributed by atoms with Gasteiger partial charge in [0.05, 0.1) is 12.2 Å². The summed E-state index contributed by atoms with van der Waals surface area (Å²) in [5.41, 5.74) is -0.289. The van der Waals surface area contributed by atoms with Gasteiger partial charge in [0, 0.05) is 5.38 Å². The molecule has 0 aromatic carbocycles. The highest BCUT2D eigenvalue weighted by Crippen LogP contribution is 2.22. The molecule has 3 N–H and O–H groups in total. The van der Waals surface area contributed by atoms with E-state index in [9.17, 15) is 9.90 Å². The number of aliphatic hydroxyl groups is 1. The number of nitrogens with one attached hydrogen (secondary N) is 2. The van der Waals surface area contributed by atoms with Gasteiger partial charge in [0.2, 0.25) is 0 Å². The molecule has 6 nitrogen and oxygen atoms in total. The summed E-state index contributed by atoms with van der Waals surface area (Å²) in [4.78, 5) is 16.2. The molecule has 2 rings (SSSR count). The van der Waals surface area contributed by atoms with E-state index in [0.29, 0.717) is 16.7 Å². The van der Waals surface area contributed by atoms with Crippen molar-refractivity contribution in [1.82, 2.24) is 10.3 Å². The lowest BCUT2D eigenvalue weighted by Gasteiger charge is -2.21. The minimum atomic E-state index is -1.26. The monoisotopic (exact) mass is 323 g/mol. The smallest absolute Gasteiger partial charge is 0.321 e. The summed E-state index contributed by atoms with van der Waals surface area (Å²) in [6.45, 7) is 5.51. The SMILES string of the molecule is CCCc1csc(NC(=O)NCC(C)(O)c2ccc(C)o2)n1. The number of hydrogen-bond acceptors (Lipinski definition) is 5. The van der Waals surface area contributed by atoms with Crippen LogP contribution >= 0.6 is 11.3 Å². The zero-order chi connectivity index (χ0) is 16.2. The van der Waals surface area contributed by atoms with Crippen LogP contribution in [0.3, 0.4) is 0 Å². The fourth-order valence-electron chi connectivity index (χ4n) is 1.94. The largest absolute Gasteiger partial charge is 0.463 e. The molecule has 1 atom stereocenters. The summed E-state index contributed by atoms with van der Waals surface area (Å²) in [5, 5.41) is 18.1. The number of amides is 2. The molecule has 0 saturated carbocycles. The van der Waals surface area contributed by atoms with Crippen LogP contribution in [0.25, 0.3) is 0 Å². The van der Waals surface area contributed by atoms with Crippen LogP contribution in [-0.4, -0.2) is 22.7 Å². The first kappa shape index (κ1) is 16.5. The highest BCUT2D eigenvalue weighted by molar-refractivity contribution is 7.13. The third kappa shape index (κ3) is 4.32. The molecule has 2 heterocycles. The number of hydrogen-bond donors (Lipinski definition) is 3. The van der Waals surface area contributed by atoms with E-state index in [1.807, 2.05) is 5.38 Å². The van der Waals surface area contributed by atoms with E-state index in [2.05, 4.69) is 22.5 Å². The number of aryl methyl sites for hydroxylation is 2. The Balaban J connectivity index is 1.86. The number of anilines is 1. The van der Waals surface area contributed by atoms with Gasteiger partial charge in [-0.05, 0) is 32.4 Å². The molecule has 2 amide bonds. The molecular formula is C15H21N3O3S. The minimum absolute atomic E-state index is 0.0407. The van der Waals surface area contributed by atoms with Gasteiger partial charge in [0.1, 0.15) is 17.1 Å². The molecule has 0 aliphatic heterocycles. The molecule has 7 heteroatoms. The Labute approximate surface area is 133 Å². The molecule has 0 spiro atoms. The van der Waals surface area contributed by atoms with E-state index >= 15 is 0 Å². The van der Waals surface area contributed by atoms with Gasteiger partial charge in [0.25, 0.3) is 0 Å². The standard InChI is InChI=1S/C15H21N3O3S/c1-4-5-11-8-22-14(17-11)18-13(19)16-9-15(3,20)12-7-6-10(2)21-12/h6-8,20H,4-5,9H2,1-3H3,(H2,16,17,18,19). The maximum atomic E-state index is 11.9. The van der Waals surface area contributed by atoms with E-state index in [0.717, 1.165) is 18.5 Å². The van der Waals surface area contributed by atoms with Gasteiger partial charge < -0.3 is 14.8 Å². The highest BCUT2D eigenvalue weighted by Gasteiger charge is 2.27. The van der Waals surface area contributed by atoms with E-state index in [-0.39, 0.29) is 6.54 Å². The van der Waals surface area contributed by atoms with Gasteiger partial charge in [-0.25, -0.2) is 9.78 Å². The molecule has 120 valence electrons. The second kappa shape index (κ2) is 6.93. The summed E-state index contributed by atoms with van der Waals surface area (Å²) >= 11 is 1.39. The van der Waals surface area contributed by atoms with Gasteiger partial charge in [0.15, 0.2) is 5.13 Å². The van der Waals surface area contributed by atoms with Gasteiger partial charge in [-0.2, -0.15) is 0 Å². The maximum absolute atomic E-state index is 11.9. The van der Waals surface area contributed by atoms with Crippen molar-refractivity contribution in [3.05, 3.63) is 34.7 Å². The van der Waals surface area contributed by atoms with E-state index in [1.165, 1.54) is 11.3 Å². The van der Waals surface area contributed by atoms with Crippen molar-refractivity contribution in [2.45, 2.75) is 39.2 Å². The maximum Gasteiger partial charge on any atom is 0.321 e. The van der Waals surface area contributed by atoms with E-state index < -0.39 is 11.6 Å². The van der Waals surface area contributed by atoms with Crippen LogP contribution in [0.15, 0.2) is 21.9 Å². The second-order valence-electron chi connectivity index (χ2n) is 5.39. The highest BCUT2D eigenvalue weighted by atomic mass is 32.1. The second-order valence-corrected chi connectivity index (χ2v) is 6.24. The summed E-state index contributed by atoms with van der Waals surface area (Å²) < 4.78 is 5.40. The number of furan rings is 1. The Kier molecular flexibility index (Phi) is 5.20. The summed E-state index contributed by atoms with van der Waals surface area (Å²) in [5.74, 6) is 1.13. The van der Waals surface area contributed by atoms with E-state index in [4.69, 9.17) is 4.42 Å². The third-order valence-electron chi connectivity index (χ3n) is 3.14. The topological polar surface area (TPSA) is 87.4 Å². The van der Waals surface area contributed by atoms with Gasteiger partial charge in [-0.1, -0.05) is 13.3 Å². The molecule has 0 aliphatic carbocycles. The lowest BCUT2D eigenvalue weighted by molar-refractivity contribution is 0.0364. The van der Waals surface area contributed by atoms with Gasteiger partial charge >= 0.3 is 6.03 Å². The Morgan fingerprint density at radius 2 is 2.27 bits per heavy atom. The van der Waals surface area contributed by atoms with Crippen molar-refractivity contribution in [3.63, 3.8) is 0 Å². The Morgan fingerprint density at radius 3 is 2.91 bits per heavy atom. The van der Waals surface area contributed by atoms with Gasteiger partial charge in [-0.15, -0.1) is 11.3 Å². The first-order valence-corrected chi connectivity index (χ1v) is 8.07. The fraction of sp³-hybridized carbons (Fsp3) is 0.467. The zero-order valence-electron chi connectivity index (χ0n) is 13.0. The number of rotatable bonds is 6. The van der Waals surface area contributed by atoms with Crippen molar-refractivity contribution in [2.75, 3.05) is 11.9 Å². The van der Waals surface area contributed by atoms with Crippen molar-refractivity contribution < 1.29 is 14.3 Å². The van der Waals surface area contributed by atoms with Crippen LogP contribution in [0, 0.1) is 6.92 Å². The Morgan fingerprint density at radius 1 is 1.50 bits per heavy atom. The third-order valence-corrected chi connectivity index (χ3v) is 3.95. The van der Waals surface area contributed by atoms with Crippen molar-refractivity contribution in [2.24, 2.45) is 0 Å². The predicted molar refractivity (Wildman–Crippen MR) is 86.1 cm³/mol. The molecule has 0 saturated heterocycles. The first-order valence-electron chi connectivity index (χ1n) is 7.19. The molecule has 22 heavy (non-hydrogen) atoms. The number of thiazole rings is 1. The summed E-state index contributed by atoms with van der Waals surface area (Å²) in [6, 6.07) is 3.07. The summed E-state index contributed by atoms with van der Waals surface area (Å²) in [7, 11) is 0. The Bertz CT molecular complexity index is 634. The predicted octanol–water partition coefficient (Wildman–Crippen LogP) is 3.03. The quantitative estimate of drug-likeness (QED) is 0.762. The fourth-order valence-corrected chi connectivity index (χ4v) is 2.68. The molecule has 0 radical (unpaired) electrons. The normalized spacial score (nSPS) is 13.6. The van der Waals surface area contributed by atoms with Crippen LogP contribution < -0.4 is 10.6 Å². The lowest BCUT2D eigenvalue weighted by Crippen LogP contribution is -2.40. The summed E-state index contributed by atoms with van der Waals surface area (Å²) in [6.07, 6.45) is 1.91. The van der Waals surface area contributed by atoms with Crippen LogP contribution in [0.4, 0.5) is 9.93 Å². The molecule has 2 aromatic heterocycles. The molecular weight excluding hydrogens is 302 g/mol. The number of aromatic nitrogens is 1. The number of nitrogens with zero attached hydrogens (tertiary/aromatic N) is 1. The first-order chi connectivity index (χ1) is 10.4. The average Bonchev–Trinajstić information content (AvgIpc) is 3.07. The van der Waals surface area contributed by atoms with E-state index in [1.54, 1.807) is 26.0 Å². The average molecular weight is 323 g/mol. The molecule has 0 bridgehead atoms. The zero-order valence-corrected chi connectivity index (χ0v) is 13.8. The molecule has 0 aliphatic rings. The van der Waals surface area contributed by atoms with Crippen molar-refractivity contribution >= 4 is 22.5 Å². The van der Waals surface area contributed by atoms with Crippen LogP contribution in [0.1, 0.15) is 37.5 Å². The van der Waals surface area contributed by atoms with Gasteiger partial charge in [-0.3, -0.25) is 5.32 Å². The number of carbonyl (C=O) groups excluding carboxylic acids is 1. The minimum Gasteiger partial charge on any atom is -0.463 e. The number of urea groups is 1. The van der Waals surface area contributed by atoms with Crippen LogP contribution in [-0.2, 0) is 12.0 Å². The molecule has 0 fully saturated rings. The van der Waals surface area contributed by atoms with Crippen LogP contribution in [0.5, 0.6) is 0 Å². The Hall–Kier alpha value is -1.86. The van der Waals surface area contributed by atoms with Crippen molar-refractivity contribution in [3.8, 4) is 0 Å². The molecule has 1 unspecified atom stereocenters. The van der Waals surface area contributed by atoms with Crippen LogP contribution in [0.2, 0.25) is 0 Å². The van der Waals surface area contributed by atoms with Crippen molar-refractivity contribution in [1.29, 1.82) is 0 Å². The lowest BCUT2D eigenvalue weighted by atomic mass is 10.0. The number of carbonyl (C=O) groups is 1.